The van der Waals surface area contributed by atoms with Crippen molar-refractivity contribution in [1.29, 1.82) is 0 Å². The summed E-state index contributed by atoms with van der Waals surface area (Å²) < 4.78 is 0. The molecule has 1 aliphatic rings. The Hall–Kier alpha value is -0.920. The third-order valence-corrected chi connectivity index (χ3v) is 2.28. The van der Waals surface area contributed by atoms with Crippen LogP contribution >= 0.6 is 0 Å². The molecule has 1 saturated carbocycles. The summed E-state index contributed by atoms with van der Waals surface area (Å²) in [6, 6.07) is -0.253. The van der Waals surface area contributed by atoms with Gasteiger partial charge in [0.1, 0.15) is 6.04 Å². The highest BCUT2D eigenvalue weighted by Gasteiger charge is 2.31. The quantitative estimate of drug-likeness (QED) is 0.445. The Balaban J connectivity index is 2.54. The van der Waals surface area contributed by atoms with Gasteiger partial charge in [0.2, 0.25) is 0 Å². The fraction of sp³-hybridized carbons (Fsp3) is 0.556. The predicted octanol–water partition coefficient (Wildman–Crippen LogP) is 1.61. The average Bonchev–Trinajstić information content (AvgIpc) is 2.00. The first-order valence-electron chi connectivity index (χ1n) is 3.84. The number of carbonyl (C=O) groups excluding carboxylic acids is 1. The van der Waals surface area contributed by atoms with Crippen LogP contribution in [-0.2, 0) is 4.79 Å². The van der Waals surface area contributed by atoms with Crippen molar-refractivity contribution in [2.45, 2.75) is 25.8 Å². The molecule has 0 spiro atoms. The third kappa shape index (κ3) is 1.39. The number of carbonyl (C=O) groups is 1. The molecule has 0 radical (unpaired) electrons. The first-order valence-corrected chi connectivity index (χ1v) is 3.84. The zero-order valence-corrected chi connectivity index (χ0v) is 6.84. The number of hydrogen-bond donors (Lipinski definition) is 0. The smallest absolute Gasteiger partial charge is 0.164 e. The van der Waals surface area contributed by atoms with Crippen molar-refractivity contribution in [2.75, 3.05) is 0 Å². The molecule has 0 heterocycles. The number of hydrogen-bond acceptors (Lipinski definition) is 2. The van der Waals surface area contributed by atoms with Crippen molar-refractivity contribution in [1.82, 2.24) is 0 Å². The number of allylic oxidation sites excluding steroid dienone is 1. The maximum atomic E-state index is 11.4. The van der Waals surface area contributed by atoms with Crippen molar-refractivity contribution < 1.29 is 4.79 Å². The number of Topliss-reactive ketones (excluding diaryl/α,β-unsaturated/α-hetero) is 1. The average molecular weight is 151 g/mol. The molecule has 0 amide bonds. The van der Waals surface area contributed by atoms with Gasteiger partial charge in [0.05, 0.1) is 0 Å². The molecule has 2 atom stereocenters. The molecule has 2 unspecified atom stereocenters. The Labute approximate surface area is 67.0 Å². The lowest BCUT2D eigenvalue weighted by Crippen LogP contribution is -2.31. The molecule has 0 aromatic carbocycles. The lowest BCUT2D eigenvalue weighted by atomic mass is 9.76. The van der Waals surface area contributed by atoms with Crippen LogP contribution in [0.1, 0.15) is 19.8 Å². The first kappa shape index (κ1) is 8.18. The molecule has 1 fully saturated rings. The van der Waals surface area contributed by atoms with Gasteiger partial charge in [-0.2, -0.15) is 0 Å². The van der Waals surface area contributed by atoms with E-state index in [2.05, 4.69) is 18.3 Å². The topological polar surface area (TPSA) is 29.4 Å². The summed E-state index contributed by atoms with van der Waals surface area (Å²) >= 11 is 0. The van der Waals surface area contributed by atoms with Crippen LogP contribution in [0.25, 0.3) is 0 Å². The van der Waals surface area contributed by atoms with Gasteiger partial charge in [-0.05, 0) is 26.5 Å². The van der Waals surface area contributed by atoms with Gasteiger partial charge in [0.25, 0.3) is 0 Å². The lowest BCUT2D eigenvalue weighted by Gasteiger charge is -2.28. The Kier molecular flexibility index (Phi) is 2.22. The van der Waals surface area contributed by atoms with Gasteiger partial charge in [0.15, 0.2) is 5.78 Å². The molecule has 0 bridgehead atoms. The second-order valence-corrected chi connectivity index (χ2v) is 3.01. The van der Waals surface area contributed by atoms with Gasteiger partial charge in [-0.15, -0.1) is 0 Å². The zero-order chi connectivity index (χ0) is 8.43. The van der Waals surface area contributed by atoms with Gasteiger partial charge in [-0.25, -0.2) is 0 Å². The second kappa shape index (κ2) is 2.99. The molecule has 0 aliphatic heterocycles. The molecule has 0 aromatic heterocycles. The third-order valence-electron chi connectivity index (χ3n) is 2.28. The van der Waals surface area contributed by atoms with E-state index in [1.54, 1.807) is 6.92 Å². The zero-order valence-electron chi connectivity index (χ0n) is 6.84. The van der Waals surface area contributed by atoms with Crippen LogP contribution < -0.4 is 0 Å². The van der Waals surface area contributed by atoms with Crippen LogP contribution in [0.3, 0.4) is 0 Å². The summed E-state index contributed by atoms with van der Waals surface area (Å²) in [5.41, 5.74) is 1.06. The molecule has 0 aromatic rings. The molecule has 1 aliphatic carbocycles. The molecule has 2 heteroatoms. The fourth-order valence-corrected chi connectivity index (χ4v) is 1.22. The van der Waals surface area contributed by atoms with Crippen LogP contribution in [0.5, 0.6) is 0 Å². The van der Waals surface area contributed by atoms with Crippen LogP contribution in [-0.4, -0.2) is 18.5 Å². The lowest BCUT2D eigenvalue weighted by molar-refractivity contribution is -0.123. The molecule has 2 nitrogen and oxygen atoms in total. The summed E-state index contributed by atoms with van der Waals surface area (Å²) in [6.45, 7) is 8.92. The molecule has 0 N–H and O–H groups in total. The number of rotatable bonds is 3. The minimum Gasteiger partial charge on any atom is -0.297 e. The van der Waals surface area contributed by atoms with E-state index in [1.807, 2.05) is 0 Å². The molecule has 60 valence electrons. The van der Waals surface area contributed by atoms with E-state index in [0.29, 0.717) is 0 Å². The minimum absolute atomic E-state index is 0.0792. The van der Waals surface area contributed by atoms with Crippen molar-refractivity contribution in [3.05, 3.63) is 12.2 Å². The van der Waals surface area contributed by atoms with Crippen LogP contribution in [0, 0.1) is 5.92 Å². The van der Waals surface area contributed by atoms with E-state index in [4.69, 9.17) is 0 Å². The van der Waals surface area contributed by atoms with E-state index in [9.17, 15) is 4.79 Å². The first-order chi connectivity index (χ1) is 5.16. The van der Waals surface area contributed by atoms with Crippen molar-refractivity contribution >= 4 is 12.5 Å². The summed E-state index contributed by atoms with van der Waals surface area (Å²) in [6.07, 6.45) is 1.96. The highest BCUT2D eigenvalue weighted by Crippen LogP contribution is 2.33. The highest BCUT2D eigenvalue weighted by molar-refractivity contribution is 5.89. The normalized spacial score (nSPS) is 25.5. The van der Waals surface area contributed by atoms with Gasteiger partial charge in [0, 0.05) is 5.92 Å². The number of nitrogens with zero attached hydrogens (tertiary/aromatic N) is 1. The Morgan fingerprint density at radius 1 is 1.82 bits per heavy atom. The van der Waals surface area contributed by atoms with Crippen molar-refractivity contribution in [2.24, 2.45) is 10.9 Å². The van der Waals surface area contributed by atoms with E-state index in [0.717, 1.165) is 18.4 Å². The van der Waals surface area contributed by atoms with Crippen LogP contribution in [0.4, 0.5) is 0 Å². The molecule has 1 rings (SSSR count). The van der Waals surface area contributed by atoms with E-state index in [-0.39, 0.29) is 17.7 Å². The Bertz CT molecular complexity index is 208. The van der Waals surface area contributed by atoms with Gasteiger partial charge in [-0.1, -0.05) is 12.2 Å². The summed E-state index contributed by atoms with van der Waals surface area (Å²) in [7, 11) is 0. The van der Waals surface area contributed by atoms with Crippen LogP contribution in [0.15, 0.2) is 17.1 Å². The van der Waals surface area contributed by atoms with E-state index < -0.39 is 0 Å². The number of ketones is 1. The Morgan fingerprint density at radius 2 is 2.45 bits per heavy atom. The van der Waals surface area contributed by atoms with Gasteiger partial charge in [-0.3, -0.25) is 9.79 Å². The van der Waals surface area contributed by atoms with Crippen LogP contribution in [0.2, 0.25) is 0 Å². The maximum absolute atomic E-state index is 11.4. The molecule has 0 saturated heterocycles. The Morgan fingerprint density at radius 3 is 2.73 bits per heavy atom. The summed E-state index contributed by atoms with van der Waals surface area (Å²) in [4.78, 5) is 15.1. The number of aliphatic imine (C=N–C) groups is 1. The molecule has 11 heavy (non-hydrogen) atoms. The molecular formula is C9H13NO. The summed E-state index contributed by atoms with van der Waals surface area (Å²) in [5.74, 6) is 0.256. The largest absolute Gasteiger partial charge is 0.297 e. The maximum Gasteiger partial charge on any atom is 0.164 e. The minimum atomic E-state index is -0.253. The monoisotopic (exact) mass is 151 g/mol. The summed E-state index contributed by atoms with van der Waals surface area (Å²) in [5, 5.41) is 0. The standard InChI is InChI=1S/C9H13NO/c1-6-4-5-8(6)9(11)7(2)10-3/h7-8H,1,3-5H2,2H3. The van der Waals surface area contributed by atoms with Gasteiger partial charge < -0.3 is 0 Å². The van der Waals surface area contributed by atoms with Crippen molar-refractivity contribution in [3.63, 3.8) is 0 Å². The second-order valence-electron chi connectivity index (χ2n) is 3.01. The highest BCUT2D eigenvalue weighted by atomic mass is 16.1. The van der Waals surface area contributed by atoms with Gasteiger partial charge >= 0.3 is 0 Å². The van der Waals surface area contributed by atoms with E-state index >= 15 is 0 Å². The predicted molar refractivity (Wildman–Crippen MR) is 45.9 cm³/mol. The SMILES string of the molecule is C=NC(C)C(=O)C1CCC1=C. The van der Waals surface area contributed by atoms with E-state index in [1.165, 1.54) is 0 Å². The fourth-order valence-electron chi connectivity index (χ4n) is 1.22. The van der Waals surface area contributed by atoms with Crippen molar-refractivity contribution in [3.8, 4) is 0 Å². The molecular weight excluding hydrogens is 138 g/mol.